The van der Waals surface area contributed by atoms with Gasteiger partial charge in [0.05, 0.1) is 0 Å². The van der Waals surface area contributed by atoms with Crippen LogP contribution in [0.1, 0.15) is 25.8 Å². The Hall–Kier alpha value is -0.280. The predicted molar refractivity (Wildman–Crippen MR) is 70.7 cm³/mol. The smallest absolute Gasteiger partial charge is 0.0453 e. The summed E-state index contributed by atoms with van der Waals surface area (Å²) in [5.74, 6) is 6.12. The predicted octanol–water partition coefficient (Wildman–Crippen LogP) is 3.41. The molecule has 90 valence electrons. The Kier molecular flexibility index (Phi) is 5.56. The van der Waals surface area contributed by atoms with Gasteiger partial charge in [0.2, 0.25) is 0 Å². The number of halogens is 2. The standard InChI is InChI=1S/C12H18Cl2N2/c1-8(2)6-9(16-15)7-10-11(13)4-3-5-12(10)14/h3-5,8-9,16H,6-7,15H2,1-2H3. The maximum Gasteiger partial charge on any atom is 0.0453 e. The molecule has 1 unspecified atom stereocenters. The zero-order valence-corrected chi connectivity index (χ0v) is 11.1. The quantitative estimate of drug-likeness (QED) is 0.629. The molecular formula is C12H18Cl2N2. The molecule has 0 saturated heterocycles. The molecular weight excluding hydrogens is 243 g/mol. The van der Waals surface area contributed by atoms with Crippen molar-refractivity contribution in [3.63, 3.8) is 0 Å². The van der Waals surface area contributed by atoms with Gasteiger partial charge in [0.1, 0.15) is 0 Å². The molecule has 1 atom stereocenters. The number of nitrogens with one attached hydrogen (secondary N) is 1. The topological polar surface area (TPSA) is 38.0 Å². The van der Waals surface area contributed by atoms with E-state index in [2.05, 4.69) is 19.3 Å². The van der Waals surface area contributed by atoms with Crippen LogP contribution in [0.4, 0.5) is 0 Å². The first-order valence-electron chi connectivity index (χ1n) is 5.43. The van der Waals surface area contributed by atoms with Crippen molar-refractivity contribution >= 4 is 23.2 Å². The van der Waals surface area contributed by atoms with Crippen molar-refractivity contribution in [2.24, 2.45) is 11.8 Å². The Bertz CT molecular complexity index is 320. The highest BCUT2D eigenvalue weighted by molar-refractivity contribution is 6.35. The minimum atomic E-state index is 0.206. The Balaban J connectivity index is 2.77. The summed E-state index contributed by atoms with van der Waals surface area (Å²) < 4.78 is 0. The summed E-state index contributed by atoms with van der Waals surface area (Å²) in [6.07, 6.45) is 1.76. The van der Waals surface area contributed by atoms with Gasteiger partial charge in [-0.25, -0.2) is 0 Å². The summed E-state index contributed by atoms with van der Waals surface area (Å²) in [5, 5.41) is 1.41. The summed E-state index contributed by atoms with van der Waals surface area (Å²) in [5.41, 5.74) is 3.79. The van der Waals surface area contributed by atoms with Crippen molar-refractivity contribution in [2.45, 2.75) is 32.7 Å². The van der Waals surface area contributed by atoms with Gasteiger partial charge in [-0.3, -0.25) is 11.3 Å². The van der Waals surface area contributed by atoms with Crippen molar-refractivity contribution in [3.8, 4) is 0 Å². The number of rotatable bonds is 5. The van der Waals surface area contributed by atoms with E-state index in [4.69, 9.17) is 29.0 Å². The monoisotopic (exact) mass is 260 g/mol. The summed E-state index contributed by atoms with van der Waals surface area (Å²) in [4.78, 5) is 0. The molecule has 4 heteroatoms. The molecule has 0 aliphatic carbocycles. The third-order valence-corrected chi connectivity index (χ3v) is 3.21. The molecule has 0 saturated carbocycles. The molecule has 2 nitrogen and oxygen atoms in total. The van der Waals surface area contributed by atoms with Gasteiger partial charge in [-0.05, 0) is 36.5 Å². The molecule has 3 N–H and O–H groups in total. The van der Waals surface area contributed by atoms with E-state index in [1.807, 2.05) is 18.2 Å². The highest BCUT2D eigenvalue weighted by Crippen LogP contribution is 2.26. The highest BCUT2D eigenvalue weighted by Gasteiger charge is 2.14. The van der Waals surface area contributed by atoms with E-state index >= 15 is 0 Å². The van der Waals surface area contributed by atoms with Gasteiger partial charge in [-0.1, -0.05) is 43.1 Å². The first kappa shape index (κ1) is 13.8. The van der Waals surface area contributed by atoms with Crippen molar-refractivity contribution in [3.05, 3.63) is 33.8 Å². The van der Waals surface area contributed by atoms with Crippen LogP contribution in [0.2, 0.25) is 10.0 Å². The Morgan fingerprint density at radius 2 is 1.81 bits per heavy atom. The van der Waals surface area contributed by atoms with Crippen LogP contribution in [0.25, 0.3) is 0 Å². The fourth-order valence-electron chi connectivity index (χ4n) is 1.75. The maximum absolute atomic E-state index is 6.11. The maximum atomic E-state index is 6.11. The second-order valence-electron chi connectivity index (χ2n) is 4.40. The molecule has 0 aliphatic rings. The molecule has 0 amide bonds. The molecule has 0 bridgehead atoms. The van der Waals surface area contributed by atoms with Crippen molar-refractivity contribution in [2.75, 3.05) is 0 Å². The van der Waals surface area contributed by atoms with Crippen LogP contribution in [0.15, 0.2) is 18.2 Å². The number of hydrogen-bond donors (Lipinski definition) is 2. The summed E-state index contributed by atoms with van der Waals surface area (Å²) in [7, 11) is 0. The van der Waals surface area contributed by atoms with Crippen LogP contribution in [0.3, 0.4) is 0 Å². The third-order valence-electron chi connectivity index (χ3n) is 2.50. The van der Waals surface area contributed by atoms with Crippen LogP contribution in [0, 0.1) is 5.92 Å². The second kappa shape index (κ2) is 6.45. The van der Waals surface area contributed by atoms with Crippen LogP contribution >= 0.6 is 23.2 Å². The fourth-order valence-corrected chi connectivity index (χ4v) is 2.30. The van der Waals surface area contributed by atoms with Gasteiger partial charge in [0, 0.05) is 16.1 Å². The molecule has 0 radical (unpaired) electrons. The van der Waals surface area contributed by atoms with Gasteiger partial charge < -0.3 is 0 Å². The largest absolute Gasteiger partial charge is 0.271 e. The fraction of sp³-hybridized carbons (Fsp3) is 0.500. The van der Waals surface area contributed by atoms with E-state index in [9.17, 15) is 0 Å². The van der Waals surface area contributed by atoms with E-state index < -0.39 is 0 Å². The van der Waals surface area contributed by atoms with E-state index in [0.717, 1.165) is 18.4 Å². The average Bonchev–Trinajstić information content (AvgIpc) is 2.21. The van der Waals surface area contributed by atoms with Gasteiger partial charge in [-0.2, -0.15) is 0 Å². The van der Waals surface area contributed by atoms with Crippen molar-refractivity contribution in [1.29, 1.82) is 0 Å². The van der Waals surface area contributed by atoms with E-state index in [-0.39, 0.29) is 6.04 Å². The number of hydrogen-bond acceptors (Lipinski definition) is 2. The third kappa shape index (κ3) is 3.95. The summed E-state index contributed by atoms with van der Waals surface area (Å²) >= 11 is 12.2. The number of benzene rings is 1. The highest BCUT2D eigenvalue weighted by atomic mass is 35.5. The number of nitrogens with two attached hydrogens (primary N) is 1. The normalized spacial score (nSPS) is 13.1. The second-order valence-corrected chi connectivity index (χ2v) is 5.21. The average molecular weight is 261 g/mol. The van der Waals surface area contributed by atoms with Gasteiger partial charge in [0.15, 0.2) is 0 Å². The molecule has 1 aromatic carbocycles. The lowest BCUT2D eigenvalue weighted by atomic mass is 9.98. The Morgan fingerprint density at radius 3 is 2.25 bits per heavy atom. The van der Waals surface area contributed by atoms with Gasteiger partial charge in [-0.15, -0.1) is 0 Å². The molecule has 16 heavy (non-hydrogen) atoms. The first-order valence-corrected chi connectivity index (χ1v) is 6.19. The first-order chi connectivity index (χ1) is 7.54. The molecule has 0 heterocycles. The summed E-state index contributed by atoms with van der Waals surface area (Å²) in [6.45, 7) is 4.33. The van der Waals surface area contributed by atoms with Crippen LogP contribution in [-0.2, 0) is 6.42 Å². The van der Waals surface area contributed by atoms with Crippen LogP contribution in [0.5, 0.6) is 0 Å². The summed E-state index contributed by atoms with van der Waals surface area (Å²) in [6, 6.07) is 5.76. The van der Waals surface area contributed by atoms with Gasteiger partial charge in [0.25, 0.3) is 0 Å². The molecule has 1 aromatic rings. The molecule has 0 aromatic heterocycles. The Morgan fingerprint density at radius 1 is 1.25 bits per heavy atom. The van der Waals surface area contributed by atoms with Crippen LogP contribution in [-0.4, -0.2) is 6.04 Å². The Labute approximate surface area is 107 Å². The van der Waals surface area contributed by atoms with Crippen LogP contribution < -0.4 is 11.3 Å². The molecule has 1 rings (SSSR count). The van der Waals surface area contributed by atoms with Gasteiger partial charge >= 0.3 is 0 Å². The SMILES string of the molecule is CC(C)CC(Cc1c(Cl)cccc1Cl)NN. The number of hydrazine groups is 1. The lowest BCUT2D eigenvalue weighted by Gasteiger charge is -2.19. The van der Waals surface area contributed by atoms with E-state index in [1.165, 1.54) is 0 Å². The molecule has 0 aliphatic heterocycles. The molecule has 0 fully saturated rings. The zero-order valence-electron chi connectivity index (χ0n) is 9.63. The lowest BCUT2D eigenvalue weighted by Crippen LogP contribution is -2.37. The van der Waals surface area contributed by atoms with Crippen molar-refractivity contribution in [1.82, 2.24) is 5.43 Å². The minimum absolute atomic E-state index is 0.206. The lowest BCUT2D eigenvalue weighted by molar-refractivity contribution is 0.423. The molecule has 0 spiro atoms. The van der Waals surface area contributed by atoms with E-state index in [1.54, 1.807) is 0 Å². The van der Waals surface area contributed by atoms with E-state index in [0.29, 0.717) is 16.0 Å². The minimum Gasteiger partial charge on any atom is -0.271 e. The van der Waals surface area contributed by atoms with Crippen molar-refractivity contribution < 1.29 is 0 Å². The zero-order chi connectivity index (χ0) is 12.1.